The molecular formula is C24H25FN4O. The maximum absolute atomic E-state index is 13.7. The van der Waals surface area contributed by atoms with Gasteiger partial charge in [-0.2, -0.15) is 4.39 Å². The molecule has 3 N–H and O–H groups in total. The van der Waals surface area contributed by atoms with Crippen LogP contribution < -0.4 is 11.1 Å². The minimum Gasteiger partial charge on any atom is -0.381 e. The van der Waals surface area contributed by atoms with E-state index in [-0.39, 0.29) is 23.8 Å². The Morgan fingerprint density at radius 2 is 1.77 bits per heavy atom. The number of hydrogen-bond donors (Lipinski definition) is 2. The molecule has 2 aromatic heterocycles. The van der Waals surface area contributed by atoms with Crippen LogP contribution in [0.5, 0.6) is 0 Å². The van der Waals surface area contributed by atoms with Gasteiger partial charge in [0, 0.05) is 41.8 Å². The van der Waals surface area contributed by atoms with Crippen LogP contribution in [0.2, 0.25) is 0 Å². The van der Waals surface area contributed by atoms with Crippen molar-refractivity contribution in [2.75, 3.05) is 5.32 Å². The number of fused-ring (bicyclic) bond motifs is 1. The molecular weight excluding hydrogens is 379 g/mol. The molecule has 2 aliphatic rings. The van der Waals surface area contributed by atoms with E-state index in [0.717, 1.165) is 66.2 Å². The van der Waals surface area contributed by atoms with E-state index < -0.39 is 5.95 Å². The van der Waals surface area contributed by atoms with E-state index >= 15 is 0 Å². The third kappa shape index (κ3) is 3.79. The van der Waals surface area contributed by atoms with Crippen LogP contribution in [0.3, 0.4) is 0 Å². The highest BCUT2D eigenvalue weighted by atomic mass is 19.1. The molecule has 0 aliphatic heterocycles. The second-order valence-electron chi connectivity index (χ2n) is 8.54. The molecule has 2 fully saturated rings. The summed E-state index contributed by atoms with van der Waals surface area (Å²) in [5, 5.41) is 4.56. The Labute approximate surface area is 174 Å². The van der Waals surface area contributed by atoms with Crippen molar-refractivity contribution < 1.29 is 9.18 Å². The van der Waals surface area contributed by atoms with E-state index in [2.05, 4.69) is 15.3 Å². The predicted molar refractivity (Wildman–Crippen MR) is 116 cm³/mol. The maximum Gasteiger partial charge on any atom is 0.213 e. The van der Waals surface area contributed by atoms with Gasteiger partial charge in [0.25, 0.3) is 0 Å². The predicted octanol–water partition coefficient (Wildman–Crippen LogP) is 4.71. The normalized spacial score (nSPS) is 21.5. The van der Waals surface area contributed by atoms with Gasteiger partial charge in [-0.15, -0.1) is 0 Å². The highest BCUT2D eigenvalue weighted by Crippen LogP contribution is 2.38. The Bertz CT molecular complexity index is 1100. The molecule has 0 spiro atoms. The lowest BCUT2D eigenvalue weighted by Gasteiger charge is -2.29. The van der Waals surface area contributed by atoms with E-state index in [9.17, 15) is 9.18 Å². The number of rotatable bonds is 5. The van der Waals surface area contributed by atoms with Crippen LogP contribution in [0, 0.1) is 11.9 Å². The maximum atomic E-state index is 13.7. The first kappa shape index (κ1) is 19.1. The van der Waals surface area contributed by atoms with Gasteiger partial charge in [-0.3, -0.25) is 9.78 Å². The summed E-state index contributed by atoms with van der Waals surface area (Å²) in [7, 11) is 0. The number of Topliss-reactive ketones (excluding diaryl/α,β-unsaturated/α-hetero) is 1. The fourth-order valence-electron chi connectivity index (χ4n) is 4.33. The summed E-state index contributed by atoms with van der Waals surface area (Å²) in [5.41, 5.74) is 10.0. The average Bonchev–Trinajstić information content (AvgIpc) is 3.60. The summed E-state index contributed by atoms with van der Waals surface area (Å²) >= 11 is 0. The largest absolute Gasteiger partial charge is 0.381 e. The summed E-state index contributed by atoms with van der Waals surface area (Å²) in [6.07, 6.45) is 9.00. The molecule has 0 radical (unpaired) electrons. The number of carbonyl (C=O) groups excluding carboxylic acids is 1. The number of benzene rings is 1. The van der Waals surface area contributed by atoms with Gasteiger partial charge in [-0.25, -0.2) is 4.98 Å². The Hall–Kier alpha value is -2.86. The summed E-state index contributed by atoms with van der Waals surface area (Å²) in [5.74, 6) is -0.234. The number of nitrogens with zero attached hydrogens (tertiary/aromatic N) is 2. The number of ketones is 1. The standard InChI is InChI=1S/C24H25FN4O/c25-22-12-16(9-10-27-22)15-3-8-21-19(11-15)23(29-18-6-4-17(26)5-7-18)20(13-28-21)24(30)14-1-2-14/h3,8-14,17-18H,1-2,4-7,26H2,(H,28,29)/t17-,18-. The molecule has 154 valence electrons. The summed E-state index contributed by atoms with van der Waals surface area (Å²) in [4.78, 5) is 21.2. The van der Waals surface area contributed by atoms with Gasteiger partial charge in [-0.1, -0.05) is 6.07 Å². The van der Waals surface area contributed by atoms with Gasteiger partial charge < -0.3 is 11.1 Å². The Morgan fingerprint density at radius 1 is 1.00 bits per heavy atom. The van der Waals surface area contributed by atoms with Crippen molar-refractivity contribution >= 4 is 22.4 Å². The lowest BCUT2D eigenvalue weighted by atomic mass is 9.91. The van der Waals surface area contributed by atoms with Crippen molar-refractivity contribution in [1.82, 2.24) is 9.97 Å². The summed E-state index contributed by atoms with van der Waals surface area (Å²) in [6, 6.07) is 9.60. The second kappa shape index (κ2) is 7.76. The van der Waals surface area contributed by atoms with Crippen LogP contribution in [0.15, 0.2) is 42.7 Å². The van der Waals surface area contributed by atoms with E-state index in [1.54, 1.807) is 12.3 Å². The van der Waals surface area contributed by atoms with Gasteiger partial charge in [-0.05, 0) is 67.9 Å². The van der Waals surface area contributed by atoms with Crippen LogP contribution in [0.25, 0.3) is 22.0 Å². The molecule has 2 saturated carbocycles. The Balaban J connectivity index is 1.60. The van der Waals surface area contributed by atoms with Crippen molar-refractivity contribution in [1.29, 1.82) is 0 Å². The number of halogens is 1. The molecule has 5 nitrogen and oxygen atoms in total. The quantitative estimate of drug-likeness (QED) is 0.475. The number of anilines is 1. The van der Waals surface area contributed by atoms with E-state index in [1.807, 2.05) is 18.2 Å². The smallest absolute Gasteiger partial charge is 0.213 e. The van der Waals surface area contributed by atoms with Gasteiger partial charge in [0.1, 0.15) is 0 Å². The van der Waals surface area contributed by atoms with Crippen LogP contribution in [0.4, 0.5) is 10.1 Å². The molecule has 2 heterocycles. The zero-order chi connectivity index (χ0) is 20.7. The second-order valence-corrected chi connectivity index (χ2v) is 8.54. The molecule has 0 amide bonds. The number of hydrogen-bond acceptors (Lipinski definition) is 5. The first-order chi connectivity index (χ1) is 14.6. The first-order valence-electron chi connectivity index (χ1n) is 10.7. The van der Waals surface area contributed by atoms with Gasteiger partial charge in [0.05, 0.1) is 16.8 Å². The number of nitrogens with two attached hydrogens (primary N) is 1. The van der Waals surface area contributed by atoms with Crippen molar-refractivity contribution in [3.8, 4) is 11.1 Å². The van der Waals surface area contributed by atoms with Crippen LogP contribution in [-0.2, 0) is 0 Å². The molecule has 0 atom stereocenters. The zero-order valence-corrected chi connectivity index (χ0v) is 16.8. The van der Waals surface area contributed by atoms with Crippen molar-refractivity contribution in [3.63, 3.8) is 0 Å². The summed E-state index contributed by atoms with van der Waals surface area (Å²) < 4.78 is 13.7. The van der Waals surface area contributed by atoms with E-state index in [1.165, 1.54) is 12.3 Å². The van der Waals surface area contributed by atoms with E-state index in [4.69, 9.17) is 5.73 Å². The number of pyridine rings is 2. The third-order valence-electron chi connectivity index (χ3n) is 6.26. The monoisotopic (exact) mass is 404 g/mol. The fourth-order valence-corrected chi connectivity index (χ4v) is 4.33. The molecule has 2 aliphatic carbocycles. The van der Waals surface area contributed by atoms with Crippen LogP contribution >= 0.6 is 0 Å². The third-order valence-corrected chi connectivity index (χ3v) is 6.26. The van der Waals surface area contributed by atoms with Crippen molar-refractivity contribution in [2.45, 2.75) is 50.6 Å². The molecule has 30 heavy (non-hydrogen) atoms. The SMILES string of the molecule is N[C@H]1CC[C@H](Nc2c(C(=O)C3CC3)cnc3ccc(-c4ccnc(F)c4)cc23)CC1. The van der Waals surface area contributed by atoms with Crippen LogP contribution in [0.1, 0.15) is 48.9 Å². The molecule has 0 saturated heterocycles. The zero-order valence-electron chi connectivity index (χ0n) is 16.8. The molecule has 6 heteroatoms. The highest BCUT2D eigenvalue weighted by Gasteiger charge is 2.33. The fraction of sp³-hybridized carbons (Fsp3) is 0.375. The Morgan fingerprint density at radius 3 is 2.50 bits per heavy atom. The lowest BCUT2D eigenvalue weighted by molar-refractivity contribution is 0.0968. The highest BCUT2D eigenvalue weighted by molar-refractivity contribution is 6.10. The molecule has 5 rings (SSSR count). The average molecular weight is 404 g/mol. The first-order valence-corrected chi connectivity index (χ1v) is 10.7. The lowest BCUT2D eigenvalue weighted by Crippen LogP contribution is -2.33. The van der Waals surface area contributed by atoms with Gasteiger partial charge >= 0.3 is 0 Å². The molecule has 0 unspecified atom stereocenters. The van der Waals surface area contributed by atoms with E-state index in [0.29, 0.717) is 5.56 Å². The number of nitrogens with one attached hydrogen (secondary N) is 1. The molecule has 1 aromatic carbocycles. The minimum absolute atomic E-state index is 0.113. The van der Waals surface area contributed by atoms with Gasteiger partial charge in [0.2, 0.25) is 5.95 Å². The van der Waals surface area contributed by atoms with Crippen LogP contribution in [-0.4, -0.2) is 27.8 Å². The van der Waals surface area contributed by atoms with Gasteiger partial charge in [0.15, 0.2) is 5.78 Å². The number of aromatic nitrogens is 2. The number of carbonyl (C=O) groups is 1. The molecule has 0 bridgehead atoms. The topological polar surface area (TPSA) is 80.9 Å². The van der Waals surface area contributed by atoms with Crippen molar-refractivity contribution in [2.24, 2.45) is 11.7 Å². The Kier molecular flexibility index (Phi) is 4.95. The minimum atomic E-state index is -0.514. The van der Waals surface area contributed by atoms with Crippen molar-refractivity contribution in [3.05, 3.63) is 54.2 Å². The molecule has 3 aromatic rings. The summed E-state index contributed by atoms with van der Waals surface area (Å²) in [6.45, 7) is 0.